The maximum Gasteiger partial charge on any atom is 0.331 e. The molecule has 4 nitrogen and oxygen atoms in total. The molecule has 0 saturated heterocycles. The smallest absolute Gasteiger partial charge is 0.331 e. The van der Waals surface area contributed by atoms with Crippen molar-refractivity contribution in [1.29, 1.82) is 0 Å². The maximum atomic E-state index is 12.7. The van der Waals surface area contributed by atoms with Gasteiger partial charge in [0, 0.05) is 11.9 Å². The van der Waals surface area contributed by atoms with Gasteiger partial charge in [0.25, 0.3) is 5.91 Å². The van der Waals surface area contributed by atoms with Gasteiger partial charge in [0.1, 0.15) is 0 Å². The van der Waals surface area contributed by atoms with Crippen LogP contribution in [0.1, 0.15) is 33.1 Å². The maximum absolute atomic E-state index is 12.7. The zero-order valence-corrected chi connectivity index (χ0v) is 12.4. The molecule has 3 rings (SSSR count). The molecule has 0 saturated carbocycles. The third kappa shape index (κ3) is 2.34. The molecule has 1 aliphatic rings. The number of rotatable bonds is 2. The largest absolute Gasteiger partial charge is 0.479 e. The van der Waals surface area contributed by atoms with Crippen molar-refractivity contribution >= 4 is 23.2 Å². The van der Waals surface area contributed by atoms with Gasteiger partial charge in [0.05, 0.1) is 5.56 Å². The third-order valence-corrected chi connectivity index (χ3v) is 4.73. The summed E-state index contributed by atoms with van der Waals surface area (Å²) in [6, 6.07) is 6.55. The average molecular weight is 301 g/mol. The Kier molecular flexibility index (Phi) is 3.51. The molecule has 21 heavy (non-hydrogen) atoms. The molecule has 1 atom stereocenters. The van der Waals surface area contributed by atoms with Crippen LogP contribution in [0.3, 0.4) is 0 Å². The standard InChI is InChI=1S/C16H15NO3S/c1-10-8-21-9-13(10)15(18)17-7-6-11-4-2-3-5-12(11)14(17)16(19)20/h2-5,8-9,14H,6-7H2,1H3,(H,19,20). The number of carbonyl (C=O) groups excluding carboxylic acids is 1. The quantitative estimate of drug-likeness (QED) is 0.928. The van der Waals surface area contributed by atoms with Gasteiger partial charge in [-0.15, -0.1) is 0 Å². The molecular formula is C16H15NO3S. The Labute approximate surface area is 126 Å². The predicted molar refractivity (Wildman–Crippen MR) is 80.6 cm³/mol. The van der Waals surface area contributed by atoms with Crippen LogP contribution in [-0.4, -0.2) is 28.4 Å². The van der Waals surface area contributed by atoms with Gasteiger partial charge in [-0.25, -0.2) is 4.79 Å². The number of hydrogen-bond acceptors (Lipinski definition) is 3. The first-order chi connectivity index (χ1) is 10.1. The summed E-state index contributed by atoms with van der Waals surface area (Å²) in [5, 5.41) is 13.3. The highest BCUT2D eigenvalue weighted by Gasteiger charge is 2.36. The number of amides is 1. The molecule has 2 heterocycles. The van der Waals surface area contributed by atoms with Crippen molar-refractivity contribution < 1.29 is 14.7 Å². The highest BCUT2D eigenvalue weighted by atomic mass is 32.1. The van der Waals surface area contributed by atoms with Crippen molar-refractivity contribution in [3.05, 3.63) is 57.3 Å². The van der Waals surface area contributed by atoms with Crippen molar-refractivity contribution in [3.63, 3.8) is 0 Å². The summed E-state index contributed by atoms with van der Waals surface area (Å²) < 4.78 is 0. The summed E-state index contributed by atoms with van der Waals surface area (Å²) in [6.07, 6.45) is 0.689. The molecular weight excluding hydrogens is 286 g/mol. The molecule has 0 radical (unpaired) electrons. The first-order valence-corrected chi connectivity index (χ1v) is 7.68. The zero-order valence-electron chi connectivity index (χ0n) is 11.6. The van der Waals surface area contributed by atoms with E-state index in [1.54, 1.807) is 11.4 Å². The van der Waals surface area contributed by atoms with E-state index in [1.165, 1.54) is 16.2 Å². The second kappa shape index (κ2) is 5.33. The van der Waals surface area contributed by atoms with Crippen LogP contribution in [0, 0.1) is 6.92 Å². The van der Waals surface area contributed by atoms with E-state index in [0.717, 1.165) is 16.7 Å². The van der Waals surface area contributed by atoms with E-state index >= 15 is 0 Å². The summed E-state index contributed by atoms with van der Waals surface area (Å²) in [5.74, 6) is -1.18. The molecule has 5 heteroatoms. The molecule has 1 amide bonds. The second-order valence-corrected chi connectivity index (χ2v) is 5.90. The monoisotopic (exact) mass is 301 g/mol. The number of aliphatic carboxylic acids is 1. The van der Waals surface area contributed by atoms with E-state index in [1.807, 2.05) is 30.5 Å². The average Bonchev–Trinajstić information content (AvgIpc) is 2.91. The van der Waals surface area contributed by atoms with Gasteiger partial charge >= 0.3 is 5.97 Å². The van der Waals surface area contributed by atoms with Crippen molar-refractivity contribution in [3.8, 4) is 0 Å². The number of nitrogens with zero attached hydrogens (tertiary/aromatic N) is 1. The van der Waals surface area contributed by atoms with E-state index < -0.39 is 12.0 Å². The van der Waals surface area contributed by atoms with Crippen molar-refractivity contribution in [2.24, 2.45) is 0 Å². The van der Waals surface area contributed by atoms with Crippen LogP contribution in [0.25, 0.3) is 0 Å². The summed E-state index contributed by atoms with van der Waals surface area (Å²) >= 11 is 1.46. The molecule has 2 aromatic rings. The first kappa shape index (κ1) is 13.8. The van der Waals surface area contributed by atoms with Gasteiger partial charge in [0.15, 0.2) is 6.04 Å². The van der Waals surface area contributed by atoms with Gasteiger partial charge in [-0.05, 0) is 35.4 Å². The lowest BCUT2D eigenvalue weighted by Gasteiger charge is -2.34. The Hall–Kier alpha value is -2.14. The molecule has 0 spiro atoms. The van der Waals surface area contributed by atoms with Gasteiger partial charge in [0.2, 0.25) is 0 Å². The molecule has 108 valence electrons. The summed E-state index contributed by atoms with van der Waals surface area (Å²) in [6.45, 7) is 2.31. The lowest BCUT2D eigenvalue weighted by molar-refractivity contribution is -0.143. The number of thiophene rings is 1. The van der Waals surface area contributed by atoms with E-state index in [9.17, 15) is 14.7 Å². The fourth-order valence-electron chi connectivity index (χ4n) is 2.79. The minimum absolute atomic E-state index is 0.198. The number of benzene rings is 1. The van der Waals surface area contributed by atoms with Crippen molar-refractivity contribution in [1.82, 2.24) is 4.90 Å². The SMILES string of the molecule is Cc1cscc1C(=O)N1CCc2ccccc2C1C(=O)O. The topological polar surface area (TPSA) is 57.6 Å². The molecule has 1 aromatic carbocycles. The number of aryl methyl sites for hydroxylation is 1. The Morgan fingerprint density at radius 3 is 2.71 bits per heavy atom. The van der Waals surface area contributed by atoms with Gasteiger partial charge in [-0.3, -0.25) is 4.79 Å². The third-order valence-electron chi connectivity index (χ3n) is 3.86. The second-order valence-electron chi connectivity index (χ2n) is 5.16. The molecule has 1 aromatic heterocycles. The Bertz CT molecular complexity index is 707. The van der Waals surface area contributed by atoms with Gasteiger partial charge in [-0.2, -0.15) is 11.3 Å². The minimum atomic E-state index is -0.983. The van der Waals surface area contributed by atoms with Crippen LogP contribution in [0.4, 0.5) is 0 Å². The number of carbonyl (C=O) groups is 2. The van der Waals surface area contributed by atoms with E-state index in [0.29, 0.717) is 18.5 Å². The Balaban J connectivity index is 2.02. The summed E-state index contributed by atoms with van der Waals surface area (Å²) in [7, 11) is 0. The number of carboxylic acids is 1. The predicted octanol–water partition coefficient (Wildman–Crippen LogP) is 2.88. The summed E-state index contributed by atoms with van der Waals surface area (Å²) in [4.78, 5) is 25.8. The molecule has 1 N–H and O–H groups in total. The number of hydrogen-bond donors (Lipinski definition) is 1. The number of carboxylic acid groups (broad SMARTS) is 1. The van der Waals surface area contributed by atoms with Crippen LogP contribution in [0.15, 0.2) is 35.0 Å². The van der Waals surface area contributed by atoms with Crippen LogP contribution in [-0.2, 0) is 11.2 Å². The molecule has 1 aliphatic heterocycles. The fraction of sp³-hybridized carbons (Fsp3) is 0.250. The lowest BCUT2D eigenvalue weighted by Crippen LogP contribution is -2.43. The highest BCUT2D eigenvalue weighted by Crippen LogP contribution is 2.32. The van der Waals surface area contributed by atoms with Crippen LogP contribution in [0.5, 0.6) is 0 Å². The molecule has 0 aliphatic carbocycles. The molecule has 0 fully saturated rings. The van der Waals surface area contributed by atoms with Crippen LogP contribution < -0.4 is 0 Å². The van der Waals surface area contributed by atoms with E-state index in [-0.39, 0.29) is 5.91 Å². The Morgan fingerprint density at radius 2 is 2.05 bits per heavy atom. The fourth-order valence-corrected chi connectivity index (χ4v) is 3.61. The molecule has 1 unspecified atom stereocenters. The summed E-state index contributed by atoms with van der Waals surface area (Å²) in [5.41, 5.74) is 3.23. The van der Waals surface area contributed by atoms with Gasteiger partial charge < -0.3 is 10.0 Å². The van der Waals surface area contributed by atoms with E-state index in [2.05, 4.69) is 0 Å². The van der Waals surface area contributed by atoms with Crippen LogP contribution >= 0.6 is 11.3 Å². The highest BCUT2D eigenvalue weighted by molar-refractivity contribution is 7.08. The van der Waals surface area contributed by atoms with Crippen LogP contribution in [0.2, 0.25) is 0 Å². The van der Waals surface area contributed by atoms with Crippen molar-refractivity contribution in [2.75, 3.05) is 6.54 Å². The number of fused-ring (bicyclic) bond motifs is 1. The Morgan fingerprint density at radius 1 is 1.29 bits per heavy atom. The van der Waals surface area contributed by atoms with Gasteiger partial charge in [-0.1, -0.05) is 24.3 Å². The minimum Gasteiger partial charge on any atom is -0.479 e. The molecule has 0 bridgehead atoms. The first-order valence-electron chi connectivity index (χ1n) is 6.74. The zero-order chi connectivity index (χ0) is 15.0. The lowest BCUT2D eigenvalue weighted by atomic mass is 9.92. The normalized spacial score (nSPS) is 17.4. The van der Waals surface area contributed by atoms with Crippen molar-refractivity contribution in [2.45, 2.75) is 19.4 Å². The van der Waals surface area contributed by atoms with E-state index in [4.69, 9.17) is 0 Å².